The SMILES string of the molecule is CC[C@H]1O[C@@H](n2nnc3c([N+](=O)[O-])cccc32)[C@H](O[Si](C)(C)C(C)(C)C)[C@@H]1O. The van der Waals surface area contributed by atoms with Crippen molar-refractivity contribution in [3.8, 4) is 0 Å². The predicted octanol–water partition coefficient (Wildman–Crippen LogP) is 3.40. The molecule has 1 saturated heterocycles. The van der Waals surface area contributed by atoms with Crippen molar-refractivity contribution in [1.82, 2.24) is 15.0 Å². The van der Waals surface area contributed by atoms with Crippen LogP contribution in [0.25, 0.3) is 11.0 Å². The molecular weight excluding hydrogens is 380 g/mol. The van der Waals surface area contributed by atoms with Gasteiger partial charge in [0.05, 0.1) is 16.5 Å². The first kappa shape index (κ1) is 20.8. The maximum absolute atomic E-state index is 11.3. The highest BCUT2D eigenvalue weighted by atomic mass is 28.4. The van der Waals surface area contributed by atoms with Crippen LogP contribution in [0.2, 0.25) is 18.1 Å². The fourth-order valence-corrected chi connectivity index (χ4v) is 4.47. The van der Waals surface area contributed by atoms with Crippen molar-refractivity contribution < 1.29 is 19.2 Å². The van der Waals surface area contributed by atoms with E-state index in [0.717, 1.165) is 0 Å². The molecule has 9 nitrogen and oxygen atoms in total. The molecule has 4 atom stereocenters. The standard InChI is InChI=1S/C18H28N4O5Si/c1-7-13-15(23)16(27-28(5,6)18(2,3)4)17(26-13)21-11-9-8-10-12(22(24)25)14(11)19-20-21/h8-10,13,15-17,23H,7H2,1-6H3/t13-,15-,16-,17-/m1/s1. The van der Waals surface area contributed by atoms with Crippen LogP contribution in [0.1, 0.15) is 40.3 Å². The van der Waals surface area contributed by atoms with E-state index in [4.69, 9.17) is 9.16 Å². The molecule has 0 bridgehead atoms. The Bertz CT molecular complexity index is 878. The summed E-state index contributed by atoms with van der Waals surface area (Å²) in [6.45, 7) is 12.5. The molecule has 10 heteroatoms. The van der Waals surface area contributed by atoms with Crippen molar-refractivity contribution in [2.45, 2.75) is 76.8 Å². The lowest BCUT2D eigenvalue weighted by molar-refractivity contribution is -0.383. The molecule has 0 unspecified atom stereocenters. The molecule has 1 N–H and O–H groups in total. The maximum Gasteiger partial charge on any atom is 0.299 e. The molecule has 0 spiro atoms. The third kappa shape index (κ3) is 3.45. The van der Waals surface area contributed by atoms with Crippen molar-refractivity contribution in [1.29, 1.82) is 0 Å². The molecule has 1 fully saturated rings. The summed E-state index contributed by atoms with van der Waals surface area (Å²) in [7, 11) is -2.21. The Morgan fingerprint density at radius 1 is 1.39 bits per heavy atom. The van der Waals surface area contributed by atoms with Gasteiger partial charge in [-0.15, -0.1) is 5.10 Å². The number of ether oxygens (including phenoxy) is 1. The largest absolute Gasteiger partial charge is 0.406 e. The summed E-state index contributed by atoms with van der Waals surface area (Å²) in [6, 6.07) is 4.69. The van der Waals surface area contributed by atoms with Crippen molar-refractivity contribution in [3.63, 3.8) is 0 Å². The highest BCUT2D eigenvalue weighted by molar-refractivity contribution is 6.74. The topological polar surface area (TPSA) is 113 Å². The second-order valence-corrected chi connectivity index (χ2v) is 13.5. The fraction of sp³-hybridized carbons (Fsp3) is 0.667. The van der Waals surface area contributed by atoms with Crippen LogP contribution in [-0.4, -0.2) is 51.7 Å². The zero-order chi connectivity index (χ0) is 20.9. The van der Waals surface area contributed by atoms with Gasteiger partial charge in [0.2, 0.25) is 0 Å². The number of fused-ring (bicyclic) bond motifs is 1. The first-order valence-corrected chi connectivity index (χ1v) is 12.4. The van der Waals surface area contributed by atoms with E-state index in [1.165, 1.54) is 10.7 Å². The van der Waals surface area contributed by atoms with Gasteiger partial charge in [-0.05, 0) is 30.6 Å². The molecule has 0 amide bonds. The van der Waals surface area contributed by atoms with Crippen LogP contribution in [-0.2, 0) is 9.16 Å². The molecule has 28 heavy (non-hydrogen) atoms. The van der Waals surface area contributed by atoms with Gasteiger partial charge in [-0.25, -0.2) is 4.68 Å². The van der Waals surface area contributed by atoms with Crippen molar-refractivity contribution in [2.24, 2.45) is 0 Å². The fourth-order valence-electron chi connectivity index (χ4n) is 3.18. The number of benzene rings is 1. The second kappa shape index (κ2) is 7.18. The van der Waals surface area contributed by atoms with Crippen LogP contribution in [0.4, 0.5) is 5.69 Å². The Labute approximate surface area is 164 Å². The van der Waals surface area contributed by atoms with Gasteiger partial charge in [0.25, 0.3) is 5.69 Å². The predicted molar refractivity (Wildman–Crippen MR) is 106 cm³/mol. The molecule has 2 aromatic rings. The normalized spacial score (nSPS) is 26.1. The molecule has 1 aliphatic heterocycles. The zero-order valence-electron chi connectivity index (χ0n) is 17.1. The van der Waals surface area contributed by atoms with Gasteiger partial charge < -0.3 is 14.3 Å². The van der Waals surface area contributed by atoms with Crippen LogP contribution >= 0.6 is 0 Å². The average Bonchev–Trinajstić information content (AvgIpc) is 3.15. The number of aromatic nitrogens is 3. The van der Waals surface area contributed by atoms with Crippen LogP contribution in [0.5, 0.6) is 0 Å². The number of rotatable bonds is 5. The molecule has 1 aromatic carbocycles. The molecule has 154 valence electrons. The summed E-state index contributed by atoms with van der Waals surface area (Å²) in [6.07, 6.45) is -1.95. The van der Waals surface area contributed by atoms with Crippen LogP contribution in [0.15, 0.2) is 18.2 Å². The summed E-state index contributed by atoms with van der Waals surface area (Å²) >= 11 is 0. The van der Waals surface area contributed by atoms with E-state index < -0.39 is 37.8 Å². The smallest absolute Gasteiger partial charge is 0.299 e. The van der Waals surface area contributed by atoms with Gasteiger partial charge in [-0.3, -0.25) is 10.1 Å². The number of nitro benzene ring substituents is 1. The first-order chi connectivity index (χ1) is 13.0. The number of aliphatic hydroxyl groups is 1. The van der Waals surface area contributed by atoms with E-state index in [-0.39, 0.29) is 16.2 Å². The third-order valence-electron chi connectivity index (χ3n) is 5.87. The van der Waals surface area contributed by atoms with E-state index in [1.54, 1.807) is 12.1 Å². The van der Waals surface area contributed by atoms with Crippen LogP contribution in [0.3, 0.4) is 0 Å². The minimum Gasteiger partial charge on any atom is -0.406 e. The monoisotopic (exact) mass is 408 g/mol. The highest BCUT2D eigenvalue weighted by Crippen LogP contribution is 2.42. The van der Waals surface area contributed by atoms with Crippen molar-refractivity contribution in [2.75, 3.05) is 0 Å². The van der Waals surface area contributed by atoms with Crippen molar-refractivity contribution in [3.05, 3.63) is 28.3 Å². The summed E-state index contributed by atoms with van der Waals surface area (Å²) in [5.41, 5.74) is 0.555. The Morgan fingerprint density at radius 3 is 2.64 bits per heavy atom. The van der Waals surface area contributed by atoms with Gasteiger partial charge >= 0.3 is 0 Å². The summed E-state index contributed by atoms with van der Waals surface area (Å²) in [4.78, 5) is 10.8. The maximum atomic E-state index is 11.3. The van der Waals surface area contributed by atoms with Gasteiger partial charge in [0.15, 0.2) is 20.1 Å². The summed E-state index contributed by atoms with van der Waals surface area (Å²) in [5, 5.41) is 30.2. The van der Waals surface area contributed by atoms with Gasteiger partial charge in [-0.1, -0.05) is 39.0 Å². The second-order valence-electron chi connectivity index (χ2n) is 8.74. The Morgan fingerprint density at radius 2 is 2.07 bits per heavy atom. The van der Waals surface area contributed by atoms with Gasteiger partial charge in [-0.2, -0.15) is 0 Å². The number of hydrogen-bond acceptors (Lipinski definition) is 7. The molecule has 0 saturated carbocycles. The Balaban J connectivity index is 2.05. The van der Waals surface area contributed by atoms with E-state index in [2.05, 4.69) is 44.2 Å². The van der Waals surface area contributed by atoms with E-state index in [9.17, 15) is 15.2 Å². The van der Waals surface area contributed by atoms with E-state index in [1.807, 2.05) is 6.92 Å². The first-order valence-electron chi connectivity index (χ1n) is 9.47. The third-order valence-corrected chi connectivity index (χ3v) is 10.3. The quantitative estimate of drug-likeness (QED) is 0.458. The molecular formula is C18H28N4O5Si. The van der Waals surface area contributed by atoms with Crippen LogP contribution < -0.4 is 0 Å². The lowest BCUT2D eigenvalue weighted by Crippen LogP contribution is -2.48. The minimum atomic E-state index is -2.21. The molecule has 2 heterocycles. The van der Waals surface area contributed by atoms with Gasteiger partial charge in [0, 0.05) is 6.07 Å². The number of hydrogen-bond donors (Lipinski definition) is 1. The average molecular weight is 409 g/mol. The molecule has 0 aliphatic carbocycles. The minimum absolute atomic E-state index is 0.0508. The number of non-ortho nitro benzene ring substituents is 1. The Hall–Kier alpha value is -1.88. The lowest BCUT2D eigenvalue weighted by atomic mass is 10.1. The lowest BCUT2D eigenvalue weighted by Gasteiger charge is -2.40. The number of nitrogens with zero attached hydrogens (tertiary/aromatic N) is 4. The van der Waals surface area contributed by atoms with E-state index >= 15 is 0 Å². The molecule has 0 radical (unpaired) electrons. The highest BCUT2D eigenvalue weighted by Gasteiger charge is 2.50. The summed E-state index contributed by atoms with van der Waals surface area (Å²) in [5.74, 6) is 0. The molecule has 1 aromatic heterocycles. The summed E-state index contributed by atoms with van der Waals surface area (Å²) < 4.78 is 14.1. The Kier molecular flexibility index (Phi) is 5.34. The van der Waals surface area contributed by atoms with Crippen LogP contribution in [0, 0.1) is 10.1 Å². The van der Waals surface area contributed by atoms with Gasteiger partial charge in [0.1, 0.15) is 12.2 Å². The number of nitro groups is 1. The molecule has 3 rings (SSSR count). The van der Waals surface area contributed by atoms with Crippen molar-refractivity contribution >= 4 is 25.0 Å². The molecule has 1 aliphatic rings. The van der Waals surface area contributed by atoms with E-state index in [0.29, 0.717) is 11.9 Å². The zero-order valence-corrected chi connectivity index (χ0v) is 18.1. The number of aliphatic hydroxyl groups excluding tert-OH is 1.